The molecule has 1 aliphatic heterocycles. The predicted molar refractivity (Wildman–Crippen MR) is 79.0 cm³/mol. The summed E-state index contributed by atoms with van der Waals surface area (Å²) in [4.78, 5) is 18.4. The van der Waals surface area contributed by atoms with Crippen LogP contribution in [0, 0.1) is 6.92 Å². The van der Waals surface area contributed by atoms with Crippen LogP contribution in [0.1, 0.15) is 18.5 Å². The van der Waals surface area contributed by atoms with Crippen LogP contribution in [0.3, 0.4) is 0 Å². The number of aromatic nitrogens is 1. The molecule has 1 aromatic heterocycles. The van der Waals surface area contributed by atoms with Gasteiger partial charge in [0.05, 0.1) is 17.9 Å². The lowest BCUT2D eigenvalue weighted by Gasteiger charge is -2.29. The van der Waals surface area contributed by atoms with Crippen LogP contribution in [0.2, 0.25) is 0 Å². The smallest absolute Gasteiger partial charge is 0.238 e. The molecule has 2 rings (SSSR count). The van der Waals surface area contributed by atoms with E-state index in [4.69, 9.17) is 5.73 Å². The Balaban J connectivity index is 1.87. The van der Waals surface area contributed by atoms with Crippen molar-refractivity contribution in [1.82, 2.24) is 9.88 Å². The van der Waals surface area contributed by atoms with Crippen molar-refractivity contribution in [3.8, 4) is 0 Å². The number of aryl methyl sites for hydroxylation is 1. The quantitative estimate of drug-likeness (QED) is 0.826. The molecule has 0 radical (unpaired) electrons. The molecule has 0 spiro atoms. The van der Waals surface area contributed by atoms with Gasteiger partial charge in [-0.15, -0.1) is 0 Å². The maximum atomic E-state index is 12.0. The Kier molecular flexibility index (Phi) is 4.90. The summed E-state index contributed by atoms with van der Waals surface area (Å²) in [7, 11) is 0. The molecule has 3 N–H and O–H groups in total. The molecule has 0 unspecified atom stereocenters. The summed E-state index contributed by atoms with van der Waals surface area (Å²) in [5, 5.41) is 2.90. The van der Waals surface area contributed by atoms with E-state index < -0.39 is 0 Å². The maximum Gasteiger partial charge on any atom is 0.238 e. The van der Waals surface area contributed by atoms with Gasteiger partial charge in [0, 0.05) is 19.1 Å². The van der Waals surface area contributed by atoms with Crippen molar-refractivity contribution in [3.05, 3.63) is 22.4 Å². The summed E-state index contributed by atoms with van der Waals surface area (Å²) in [6.07, 6.45) is 1.93. The van der Waals surface area contributed by atoms with Crippen LogP contribution >= 0.6 is 15.9 Å². The molecule has 1 aromatic rings. The van der Waals surface area contributed by atoms with Gasteiger partial charge in [-0.2, -0.15) is 0 Å². The average Bonchev–Trinajstić information content (AvgIpc) is 2.36. The summed E-state index contributed by atoms with van der Waals surface area (Å²) in [6.45, 7) is 4.08. The Bertz CT molecular complexity index is 458. The monoisotopic (exact) mass is 326 g/mol. The Hall–Kier alpha value is -0.980. The van der Waals surface area contributed by atoms with E-state index in [1.54, 1.807) is 0 Å². The van der Waals surface area contributed by atoms with Gasteiger partial charge in [0.15, 0.2) is 0 Å². The zero-order valence-corrected chi connectivity index (χ0v) is 12.6. The third-order valence-corrected chi connectivity index (χ3v) is 3.77. The minimum atomic E-state index is 0.00249. The largest absolute Gasteiger partial charge is 0.328 e. The highest BCUT2D eigenvalue weighted by Crippen LogP contribution is 2.16. The number of rotatable bonds is 3. The second kappa shape index (κ2) is 6.45. The van der Waals surface area contributed by atoms with E-state index in [9.17, 15) is 4.79 Å². The molecule has 19 heavy (non-hydrogen) atoms. The lowest BCUT2D eigenvalue weighted by Crippen LogP contribution is -2.43. The molecule has 0 saturated carbocycles. The molecule has 2 heterocycles. The lowest BCUT2D eigenvalue weighted by atomic mass is 10.1. The first-order chi connectivity index (χ1) is 9.04. The van der Waals surface area contributed by atoms with Gasteiger partial charge in [-0.05, 0) is 47.8 Å². The van der Waals surface area contributed by atoms with Gasteiger partial charge in [0.2, 0.25) is 5.91 Å². The van der Waals surface area contributed by atoms with Gasteiger partial charge in [0.25, 0.3) is 0 Å². The minimum absolute atomic E-state index is 0.00249. The normalized spacial score (nSPS) is 17.4. The van der Waals surface area contributed by atoms with E-state index in [1.807, 2.05) is 19.1 Å². The summed E-state index contributed by atoms with van der Waals surface area (Å²) in [6, 6.07) is 3.97. The third kappa shape index (κ3) is 4.26. The number of likely N-dealkylation sites (tertiary alicyclic amines) is 1. The molecular formula is C13H19BrN4O. The summed E-state index contributed by atoms with van der Waals surface area (Å²) >= 11 is 3.30. The second-order valence-corrected chi connectivity index (χ2v) is 5.74. The molecule has 104 valence electrons. The van der Waals surface area contributed by atoms with E-state index in [1.165, 1.54) is 0 Å². The van der Waals surface area contributed by atoms with E-state index in [0.717, 1.165) is 41.9 Å². The van der Waals surface area contributed by atoms with E-state index in [0.29, 0.717) is 6.54 Å². The van der Waals surface area contributed by atoms with E-state index in [-0.39, 0.29) is 11.9 Å². The lowest BCUT2D eigenvalue weighted by molar-refractivity contribution is -0.117. The van der Waals surface area contributed by atoms with Crippen molar-refractivity contribution >= 4 is 27.5 Å². The van der Waals surface area contributed by atoms with Crippen LogP contribution < -0.4 is 11.1 Å². The number of amides is 1. The Morgan fingerprint density at radius 2 is 2.21 bits per heavy atom. The molecule has 5 nitrogen and oxygen atoms in total. The summed E-state index contributed by atoms with van der Waals surface area (Å²) in [5.74, 6) is 0.00249. The molecule has 1 saturated heterocycles. The molecule has 0 bridgehead atoms. The molecule has 1 amide bonds. The second-order valence-electron chi connectivity index (χ2n) is 4.93. The first kappa shape index (κ1) is 14.4. The first-order valence-electron chi connectivity index (χ1n) is 6.45. The standard InChI is InChI=1S/C13H19BrN4O/c1-9-11(2-3-12(14)16-9)17-13(19)8-18-6-4-10(15)5-7-18/h2-3,10H,4-8,15H2,1H3,(H,17,19). The highest BCUT2D eigenvalue weighted by molar-refractivity contribution is 9.10. The molecule has 1 fully saturated rings. The van der Waals surface area contributed by atoms with E-state index >= 15 is 0 Å². The predicted octanol–water partition coefficient (Wildman–Crippen LogP) is 1.51. The number of carbonyl (C=O) groups is 1. The van der Waals surface area contributed by atoms with Crippen molar-refractivity contribution in [2.45, 2.75) is 25.8 Å². The zero-order valence-electron chi connectivity index (χ0n) is 11.0. The maximum absolute atomic E-state index is 12.0. The topological polar surface area (TPSA) is 71.2 Å². The molecule has 1 aliphatic rings. The van der Waals surface area contributed by atoms with Crippen LogP contribution in [-0.2, 0) is 4.79 Å². The highest BCUT2D eigenvalue weighted by Gasteiger charge is 2.18. The fourth-order valence-electron chi connectivity index (χ4n) is 2.17. The number of hydrogen-bond donors (Lipinski definition) is 2. The average molecular weight is 327 g/mol. The number of pyridine rings is 1. The number of anilines is 1. The van der Waals surface area contributed by atoms with Crippen molar-refractivity contribution in [2.75, 3.05) is 25.0 Å². The van der Waals surface area contributed by atoms with Crippen LogP contribution in [-0.4, -0.2) is 41.5 Å². The van der Waals surface area contributed by atoms with Crippen molar-refractivity contribution in [3.63, 3.8) is 0 Å². The number of nitrogens with one attached hydrogen (secondary N) is 1. The number of piperidine rings is 1. The number of carbonyl (C=O) groups excluding carboxylic acids is 1. The first-order valence-corrected chi connectivity index (χ1v) is 7.25. The molecule has 0 aromatic carbocycles. The van der Waals surface area contributed by atoms with Gasteiger partial charge in [-0.25, -0.2) is 4.98 Å². The Morgan fingerprint density at radius 3 is 2.84 bits per heavy atom. The summed E-state index contributed by atoms with van der Waals surface area (Å²) in [5.41, 5.74) is 7.42. The van der Waals surface area contributed by atoms with Crippen LogP contribution in [0.15, 0.2) is 16.7 Å². The van der Waals surface area contributed by atoms with Crippen LogP contribution in [0.25, 0.3) is 0 Å². The SMILES string of the molecule is Cc1nc(Br)ccc1NC(=O)CN1CCC(N)CC1. The zero-order chi connectivity index (χ0) is 13.8. The number of halogens is 1. The molecule has 0 atom stereocenters. The number of nitrogens with zero attached hydrogens (tertiary/aromatic N) is 2. The Labute approximate surface area is 121 Å². The van der Waals surface area contributed by atoms with Crippen molar-refractivity contribution in [1.29, 1.82) is 0 Å². The van der Waals surface area contributed by atoms with Crippen LogP contribution in [0.4, 0.5) is 5.69 Å². The van der Waals surface area contributed by atoms with Crippen LogP contribution in [0.5, 0.6) is 0 Å². The molecular weight excluding hydrogens is 308 g/mol. The minimum Gasteiger partial charge on any atom is -0.328 e. The fraction of sp³-hybridized carbons (Fsp3) is 0.538. The number of nitrogens with two attached hydrogens (primary N) is 1. The van der Waals surface area contributed by atoms with Crippen molar-refractivity contribution < 1.29 is 4.79 Å². The molecule has 0 aliphatic carbocycles. The van der Waals surface area contributed by atoms with Gasteiger partial charge in [0.1, 0.15) is 4.60 Å². The molecule has 6 heteroatoms. The van der Waals surface area contributed by atoms with Gasteiger partial charge in [-0.1, -0.05) is 0 Å². The Morgan fingerprint density at radius 1 is 1.53 bits per heavy atom. The van der Waals surface area contributed by atoms with Gasteiger partial charge < -0.3 is 11.1 Å². The van der Waals surface area contributed by atoms with Gasteiger partial charge in [-0.3, -0.25) is 9.69 Å². The van der Waals surface area contributed by atoms with E-state index in [2.05, 4.69) is 31.1 Å². The van der Waals surface area contributed by atoms with Crippen molar-refractivity contribution in [2.24, 2.45) is 5.73 Å². The summed E-state index contributed by atoms with van der Waals surface area (Å²) < 4.78 is 0.771. The highest BCUT2D eigenvalue weighted by atomic mass is 79.9. The number of hydrogen-bond acceptors (Lipinski definition) is 4. The van der Waals surface area contributed by atoms with Gasteiger partial charge >= 0.3 is 0 Å². The third-order valence-electron chi connectivity index (χ3n) is 3.33. The fourth-order valence-corrected chi connectivity index (χ4v) is 2.56.